The van der Waals surface area contributed by atoms with Gasteiger partial charge < -0.3 is 10.1 Å². The van der Waals surface area contributed by atoms with Crippen molar-refractivity contribution in [2.75, 3.05) is 25.6 Å². The highest BCUT2D eigenvalue weighted by Gasteiger charge is 2.28. The Kier molecular flexibility index (Phi) is 5.48. The third kappa shape index (κ3) is 4.09. The molecule has 1 aromatic heterocycles. The van der Waals surface area contributed by atoms with Crippen LogP contribution in [0.2, 0.25) is 0 Å². The van der Waals surface area contributed by atoms with Gasteiger partial charge in [-0.05, 0) is 34.9 Å². The second-order valence-corrected chi connectivity index (χ2v) is 6.95. The quantitative estimate of drug-likeness (QED) is 0.493. The predicted octanol–water partition coefficient (Wildman–Crippen LogP) is 3.00. The first kappa shape index (κ1) is 19.0. The topological polar surface area (TPSA) is 84.4 Å². The molecular weight excluding hydrogens is 368 g/mol. The van der Waals surface area contributed by atoms with Crippen LogP contribution in [0.15, 0.2) is 48.8 Å². The van der Waals surface area contributed by atoms with Gasteiger partial charge in [0.15, 0.2) is 0 Å². The standard InChI is InChI=1S/C22H22N4O3/c1-29-10-9-23-22-18-12-17(5-6-19(18)24-14-25-22)16-4-2-3-15(11-16)13-26-20(27)7-8-21(26)28/h2-6,11-12,14H,7-10,13H2,1H3,(H,23,24,25). The lowest BCUT2D eigenvalue weighted by Gasteiger charge is -2.15. The Hall–Kier alpha value is -3.32. The molecule has 0 atom stereocenters. The summed E-state index contributed by atoms with van der Waals surface area (Å²) in [7, 11) is 1.66. The lowest BCUT2D eigenvalue weighted by Crippen LogP contribution is -2.28. The number of amides is 2. The molecule has 2 aromatic carbocycles. The summed E-state index contributed by atoms with van der Waals surface area (Å²) in [6.45, 7) is 1.55. The summed E-state index contributed by atoms with van der Waals surface area (Å²) in [4.78, 5) is 33.9. The molecule has 0 aliphatic carbocycles. The summed E-state index contributed by atoms with van der Waals surface area (Å²) in [5, 5.41) is 4.21. The Morgan fingerprint density at radius 3 is 2.62 bits per heavy atom. The Labute approximate surface area is 168 Å². The minimum Gasteiger partial charge on any atom is -0.383 e. The lowest BCUT2D eigenvalue weighted by molar-refractivity contribution is -0.139. The van der Waals surface area contributed by atoms with Crippen LogP contribution in [0.25, 0.3) is 22.0 Å². The van der Waals surface area contributed by atoms with E-state index in [-0.39, 0.29) is 11.8 Å². The molecule has 2 heterocycles. The second-order valence-electron chi connectivity index (χ2n) is 6.95. The van der Waals surface area contributed by atoms with Crippen molar-refractivity contribution in [2.45, 2.75) is 19.4 Å². The van der Waals surface area contributed by atoms with Crippen LogP contribution in [-0.4, -0.2) is 46.9 Å². The predicted molar refractivity (Wildman–Crippen MR) is 110 cm³/mol. The number of nitrogens with one attached hydrogen (secondary N) is 1. The van der Waals surface area contributed by atoms with Gasteiger partial charge in [0.05, 0.1) is 18.7 Å². The van der Waals surface area contributed by atoms with Gasteiger partial charge in [-0.2, -0.15) is 0 Å². The van der Waals surface area contributed by atoms with Crippen LogP contribution in [-0.2, 0) is 20.9 Å². The monoisotopic (exact) mass is 390 g/mol. The number of nitrogens with zero attached hydrogens (tertiary/aromatic N) is 3. The van der Waals surface area contributed by atoms with E-state index in [9.17, 15) is 9.59 Å². The lowest BCUT2D eigenvalue weighted by atomic mass is 10.0. The first-order valence-corrected chi connectivity index (χ1v) is 9.56. The highest BCUT2D eigenvalue weighted by Crippen LogP contribution is 2.28. The maximum Gasteiger partial charge on any atom is 0.229 e. The minimum absolute atomic E-state index is 0.102. The molecule has 0 saturated carbocycles. The molecule has 3 aromatic rings. The molecule has 29 heavy (non-hydrogen) atoms. The SMILES string of the molecule is COCCNc1ncnc2ccc(-c3cccc(CN4C(=O)CCC4=O)c3)cc12. The van der Waals surface area contributed by atoms with E-state index in [4.69, 9.17) is 4.74 Å². The third-order valence-electron chi connectivity index (χ3n) is 4.99. The van der Waals surface area contributed by atoms with Crippen LogP contribution in [0.3, 0.4) is 0 Å². The van der Waals surface area contributed by atoms with E-state index < -0.39 is 0 Å². The smallest absolute Gasteiger partial charge is 0.229 e. The van der Waals surface area contributed by atoms with E-state index in [0.717, 1.165) is 33.4 Å². The minimum atomic E-state index is -0.102. The first-order chi connectivity index (χ1) is 14.2. The number of hydrogen-bond donors (Lipinski definition) is 1. The first-order valence-electron chi connectivity index (χ1n) is 9.56. The second kappa shape index (κ2) is 8.36. The molecule has 148 valence electrons. The van der Waals surface area contributed by atoms with Crippen LogP contribution in [0.5, 0.6) is 0 Å². The van der Waals surface area contributed by atoms with E-state index in [0.29, 0.717) is 32.5 Å². The van der Waals surface area contributed by atoms with Crippen molar-refractivity contribution in [2.24, 2.45) is 0 Å². The van der Waals surface area contributed by atoms with Crippen LogP contribution in [0.4, 0.5) is 5.82 Å². The summed E-state index contributed by atoms with van der Waals surface area (Å²) >= 11 is 0. The van der Waals surface area contributed by atoms with Crippen molar-refractivity contribution in [1.82, 2.24) is 14.9 Å². The van der Waals surface area contributed by atoms with E-state index in [1.54, 1.807) is 13.4 Å². The third-order valence-corrected chi connectivity index (χ3v) is 4.99. The average Bonchev–Trinajstić information content (AvgIpc) is 3.06. The molecule has 1 aliphatic rings. The van der Waals surface area contributed by atoms with E-state index in [1.807, 2.05) is 36.4 Å². The molecule has 0 spiro atoms. The zero-order chi connectivity index (χ0) is 20.2. The Balaban J connectivity index is 1.63. The van der Waals surface area contributed by atoms with Crippen molar-refractivity contribution in [3.05, 3.63) is 54.4 Å². The van der Waals surface area contributed by atoms with Crippen LogP contribution in [0.1, 0.15) is 18.4 Å². The molecule has 0 unspecified atom stereocenters. The molecule has 2 amide bonds. The molecule has 0 radical (unpaired) electrons. The van der Waals surface area contributed by atoms with Gasteiger partial charge in [-0.15, -0.1) is 0 Å². The highest BCUT2D eigenvalue weighted by atomic mass is 16.5. The summed E-state index contributed by atoms with van der Waals surface area (Å²) < 4.78 is 5.09. The molecule has 0 bridgehead atoms. The van der Waals surface area contributed by atoms with Gasteiger partial charge in [0.1, 0.15) is 12.1 Å². The average molecular weight is 390 g/mol. The largest absolute Gasteiger partial charge is 0.383 e. The number of carbonyl (C=O) groups excluding carboxylic acids is 2. The summed E-state index contributed by atoms with van der Waals surface area (Å²) in [6.07, 6.45) is 2.16. The van der Waals surface area contributed by atoms with Crippen LogP contribution < -0.4 is 5.32 Å². The Bertz CT molecular complexity index is 1050. The van der Waals surface area contributed by atoms with Gasteiger partial charge in [-0.25, -0.2) is 9.97 Å². The zero-order valence-electron chi connectivity index (χ0n) is 16.2. The van der Waals surface area contributed by atoms with Crippen LogP contribution >= 0.6 is 0 Å². The number of benzene rings is 2. The summed E-state index contributed by atoms with van der Waals surface area (Å²) in [5.74, 6) is 0.559. The van der Waals surface area contributed by atoms with Gasteiger partial charge in [0.2, 0.25) is 11.8 Å². The molecular formula is C22H22N4O3. The summed E-state index contributed by atoms with van der Waals surface area (Å²) in [5.41, 5.74) is 3.81. The van der Waals surface area contributed by atoms with Crippen molar-refractivity contribution < 1.29 is 14.3 Å². The molecule has 7 nitrogen and oxygen atoms in total. The molecule has 1 N–H and O–H groups in total. The molecule has 1 saturated heterocycles. The van der Waals surface area contributed by atoms with Crippen molar-refractivity contribution in [1.29, 1.82) is 0 Å². The van der Waals surface area contributed by atoms with Crippen molar-refractivity contribution in [3.8, 4) is 11.1 Å². The number of ether oxygens (including phenoxy) is 1. The Morgan fingerprint density at radius 1 is 1.03 bits per heavy atom. The maximum absolute atomic E-state index is 11.9. The number of likely N-dealkylation sites (tertiary alicyclic amines) is 1. The van der Waals surface area contributed by atoms with Gasteiger partial charge >= 0.3 is 0 Å². The van der Waals surface area contributed by atoms with E-state index in [2.05, 4.69) is 21.4 Å². The molecule has 1 aliphatic heterocycles. The fourth-order valence-electron chi connectivity index (χ4n) is 3.48. The van der Waals surface area contributed by atoms with Gasteiger partial charge in [-0.1, -0.05) is 24.3 Å². The molecule has 4 rings (SSSR count). The van der Waals surface area contributed by atoms with Gasteiger partial charge in [0.25, 0.3) is 0 Å². The van der Waals surface area contributed by atoms with Gasteiger partial charge in [0, 0.05) is 31.9 Å². The number of methoxy groups -OCH3 is 1. The fourth-order valence-corrected chi connectivity index (χ4v) is 3.48. The Morgan fingerprint density at radius 2 is 1.83 bits per heavy atom. The molecule has 1 fully saturated rings. The number of imide groups is 1. The van der Waals surface area contributed by atoms with Crippen LogP contribution in [0, 0.1) is 0 Å². The zero-order valence-corrected chi connectivity index (χ0v) is 16.2. The van der Waals surface area contributed by atoms with Crippen molar-refractivity contribution >= 4 is 28.5 Å². The van der Waals surface area contributed by atoms with E-state index >= 15 is 0 Å². The number of anilines is 1. The van der Waals surface area contributed by atoms with E-state index in [1.165, 1.54) is 4.90 Å². The normalized spacial score (nSPS) is 14.0. The summed E-state index contributed by atoms with van der Waals surface area (Å²) in [6, 6.07) is 13.9. The highest BCUT2D eigenvalue weighted by molar-refractivity contribution is 6.01. The number of carbonyl (C=O) groups is 2. The number of hydrogen-bond acceptors (Lipinski definition) is 6. The number of fused-ring (bicyclic) bond motifs is 1. The number of aromatic nitrogens is 2. The van der Waals surface area contributed by atoms with Crippen molar-refractivity contribution in [3.63, 3.8) is 0 Å². The fraction of sp³-hybridized carbons (Fsp3) is 0.273. The maximum atomic E-state index is 11.9. The van der Waals surface area contributed by atoms with Gasteiger partial charge in [-0.3, -0.25) is 14.5 Å². The molecule has 7 heteroatoms. The number of rotatable bonds is 7.